The summed E-state index contributed by atoms with van der Waals surface area (Å²) >= 11 is 6.01. The first-order valence-electron chi connectivity index (χ1n) is 6.00. The zero-order chi connectivity index (χ0) is 15.5. The number of alkyl halides is 3. The first-order valence-corrected chi connectivity index (χ1v) is 6.37. The molecule has 0 radical (unpaired) electrons. The van der Waals surface area contributed by atoms with Gasteiger partial charge in [0.1, 0.15) is 0 Å². The molecule has 21 heavy (non-hydrogen) atoms. The molecule has 2 aromatic rings. The van der Waals surface area contributed by atoms with Gasteiger partial charge in [0.15, 0.2) is 0 Å². The van der Waals surface area contributed by atoms with Crippen LogP contribution in [-0.2, 0) is 12.7 Å². The van der Waals surface area contributed by atoms with Crippen molar-refractivity contribution in [1.29, 1.82) is 5.26 Å². The predicted octanol–water partition coefficient (Wildman–Crippen LogP) is 4.84. The molecule has 0 heterocycles. The van der Waals surface area contributed by atoms with Gasteiger partial charge in [-0.3, -0.25) is 0 Å². The molecule has 0 fully saturated rings. The van der Waals surface area contributed by atoms with Gasteiger partial charge in [0.25, 0.3) is 0 Å². The number of nitriles is 1. The Morgan fingerprint density at radius 2 is 1.90 bits per heavy atom. The van der Waals surface area contributed by atoms with E-state index in [0.717, 1.165) is 12.1 Å². The normalized spacial score (nSPS) is 11.0. The van der Waals surface area contributed by atoms with Crippen LogP contribution in [0.3, 0.4) is 0 Å². The second kappa shape index (κ2) is 6.06. The fraction of sp³-hybridized carbons (Fsp3) is 0.133. The summed E-state index contributed by atoms with van der Waals surface area (Å²) in [5, 5.41) is 12.0. The third-order valence-corrected chi connectivity index (χ3v) is 3.21. The molecule has 0 saturated carbocycles. The second-order valence-electron chi connectivity index (χ2n) is 4.35. The number of anilines is 1. The lowest BCUT2D eigenvalue weighted by atomic mass is 10.1. The maximum Gasteiger partial charge on any atom is 0.416 e. The molecular weight excluding hydrogens is 301 g/mol. The average molecular weight is 311 g/mol. The Kier molecular flexibility index (Phi) is 4.39. The highest BCUT2D eigenvalue weighted by molar-refractivity contribution is 6.31. The fourth-order valence-electron chi connectivity index (χ4n) is 1.76. The molecule has 0 saturated heterocycles. The van der Waals surface area contributed by atoms with E-state index < -0.39 is 11.7 Å². The van der Waals surface area contributed by atoms with Crippen molar-refractivity contribution in [3.63, 3.8) is 0 Å². The van der Waals surface area contributed by atoms with Crippen molar-refractivity contribution in [3.05, 3.63) is 64.2 Å². The summed E-state index contributed by atoms with van der Waals surface area (Å²) in [5.74, 6) is 0. The largest absolute Gasteiger partial charge is 0.416 e. The number of rotatable bonds is 3. The monoisotopic (exact) mass is 310 g/mol. The molecule has 0 aliphatic heterocycles. The highest BCUT2D eigenvalue weighted by Gasteiger charge is 2.30. The minimum atomic E-state index is -4.37. The fourth-order valence-corrected chi connectivity index (χ4v) is 2.01. The molecule has 0 bridgehead atoms. The Hall–Kier alpha value is -2.19. The molecule has 6 heteroatoms. The third kappa shape index (κ3) is 3.89. The van der Waals surface area contributed by atoms with E-state index in [-0.39, 0.29) is 6.54 Å². The van der Waals surface area contributed by atoms with Crippen LogP contribution in [0.2, 0.25) is 5.02 Å². The molecule has 0 aliphatic rings. The zero-order valence-corrected chi connectivity index (χ0v) is 11.5. The molecule has 2 nitrogen and oxygen atoms in total. The molecule has 108 valence electrons. The van der Waals surface area contributed by atoms with Gasteiger partial charge in [0, 0.05) is 17.3 Å². The molecule has 0 amide bonds. The van der Waals surface area contributed by atoms with E-state index in [2.05, 4.69) is 5.32 Å². The lowest BCUT2D eigenvalue weighted by Crippen LogP contribution is -2.06. The lowest BCUT2D eigenvalue weighted by Gasteiger charge is -2.11. The highest BCUT2D eigenvalue weighted by Crippen LogP contribution is 2.30. The van der Waals surface area contributed by atoms with E-state index in [9.17, 15) is 13.2 Å². The molecular formula is C15H10ClF3N2. The molecule has 1 N–H and O–H groups in total. The number of hydrogen-bond donors (Lipinski definition) is 1. The maximum absolute atomic E-state index is 12.6. The quantitative estimate of drug-likeness (QED) is 0.880. The molecule has 0 unspecified atom stereocenters. The van der Waals surface area contributed by atoms with Crippen LogP contribution in [0.1, 0.15) is 16.7 Å². The van der Waals surface area contributed by atoms with Crippen molar-refractivity contribution in [3.8, 4) is 6.07 Å². The number of hydrogen-bond acceptors (Lipinski definition) is 2. The van der Waals surface area contributed by atoms with Crippen LogP contribution in [-0.4, -0.2) is 0 Å². The summed E-state index contributed by atoms with van der Waals surface area (Å²) in [7, 11) is 0. The molecule has 0 atom stereocenters. The van der Waals surface area contributed by atoms with Crippen LogP contribution < -0.4 is 5.32 Å². The summed E-state index contributed by atoms with van der Waals surface area (Å²) in [4.78, 5) is 0. The highest BCUT2D eigenvalue weighted by atomic mass is 35.5. The lowest BCUT2D eigenvalue weighted by molar-refractivity contribution is -0.137. The zero-order valence-electron chi connectivity index (χ0n) is 10.7. The van der Waals surface area contributed by atoms with Crippen LogP contribution in [0.4, 0.5) is 18.9 Å². The summed E-state index contributed by atoms with van der Waals surface area (Å²) in [6.45, 7) is 0.270. The van der Waals surface area contributed by atoms with Gasteiger partial charge in [-0.1, -0.05) is 23.7 Å². The number of nitrogens with zero attached hydrogens (tertiary/aromatic N) is 1. The summed E-state index contributed by atoms with van der Waals surface area (Å²) in [5.41, 5.74) is 0.777. The number of nitrogens with one attached hydrogen (secondary N) is 1. The first-order chi connectivity index (χ1) is 9.90. The van der Waals surface area contributed by atoms with E-state index in [0.29, 0.717) is 21.8 Å². The minimum absolute atomic E-state index is 0.270. The summed E-state index contributed by atoms with van der Waals surface area (Å²) in [6, 6.07) is 11.7. The third-order valence-electron chi connectivity index (χ3n) is 2.86. The molecule has 2 rings (SSSR count). The smallest absolute Gasteiger partial charge is 0.381 e. The van der Waals surface area contributed by atoms with Crippen molar-refractivity contribution in [2.45, 2.75) is 12.7 Å². The van der Waals surface area contributed by atoms with Crippen molar-refractivity contribution in [1.82, 2.24) is 0 Å². The maximum atomic E-state index is 12.6. The molecule has 0 spiro atoms. The Morgan fingerprint density at radius 1 is 1.14 bits per heavy atom. The van der Waals surface area contributed by atoms with Crippen LogP contribution in [0, 0.1) is 11.3 Å². The van der Waals surface area contributed by atoms with Gasteiger partial charge in [-0.2, -0.15) is 18.4 Å². The Labute approximate surface area is 124 Å². The van der Waals surface area contributed by atoms with Crippen LogP contribution in [0.25, 0.3) is 0 Å². The first kappa shape index (κ1) is 15.2. The van der Waals surface area contributed by atoms with Crippen molar-refractivity contribution in [2.75, 3.05) is 5.32 Å². The topological polar surface area (TPSA) is 35.8 Å². The van der Waals surface area contributed by atoms with E-state index in [1.54, 1.807) is 18.2 Å². The van der Waals surface area contributed by atoms with Gasteiger partial charge < -0.3 is 5.32 Å². The van der Waals surface area contributed by atoms with Crippen molar-refractivity contribution >= 4 is 17.3 Å². The van der Waals surface area contributed by atoms with Crippen LogP contribution >= 0.6 is 11.6 Å². The summed E-state index contributed by atoms with van der Waals surface area (Å²) in [6.07, 6.45) is -4.37. The van der Waals surface area contributed by atoms with Crippen LogP contribution in [0.5, 0.6) is 0 Å². The Bertz CT molecular complexity index is 690. The molecule has 0 aromatic heterocycles. The van der Waals surface area contributed by atoms with E-state index in [1.165, 1.54) is 12.1 Å². The average Bonchev–Trinajstić information content (AvgIpc) is 2.45. The minimum Gasteiger partial charge on any atom is -0.381 e. The predicted molar refractivity (Wildman–Crippen MR) is 74.9 cm³/mol. The summed E-state index contributed by atoms with van der Waals surface area (Å²) < 4.78 is 37.8. The SMILES string of the molecule is N#Cc1ccc(CNc2cccc(C(F)(F)F)c2)c(Cl)c1. The van der Waals surface area contributed by atoms with Gasteiger partial charge in [-0.25, -0.2) is 0 Å². The van der Waals surface area contributed by atoms with Gasteiger partial charge >= 0.3 is 6.18 Å². The Balaban J connectivity index is 2.12. The van der Waals surface area contributed by atoms with Crippen molar-refractivity contribution in [2.24, 2.45) is 0 Å². The van der Waals surface area contributed by atoms with E-state index in [1.807, 2.05) is 6.07 Å². The van der Waals surface area contributed by atoms with Gasteiger partial charge in [-0.05, 0) is 35.9 Å². The van der Waals surface area contributed by atoms with E-state index in [4.69, 9.17) is 16.9 Å². The van der Waals surface area contributed by atoms with Crippen molar-refractivity contribution < 1.29 is 13.2 Å². The molecule has 0 aliphatic carbocycles. The number of halogens is 4. The molecule has 2 aromatic carbocycles. The van der Waals surface area contributed by atoms with Gasteiger partial charge in [0.2, 0.25) is 0 Å². The Morgan fingerprint density at radius 3 is 2.52 bits per heavy atom. The van der Waals surface area contributed by atoms with E-state index >= 15 is 0 Å². The number of benzene rings is 2. The van der Waals surface area contributed by atoms with Gasteiger partial charge in [-0.15, -0.1) is 0 Å². The second-order valence-corrected chi connectivity index (χ2v) is 4.76. The van der Waals surface area contributed by atoms with Crippen LogP contribution in [0.15, 0.2) is 42.5 Å². The van der Waals surface area contributed by atoms with Gasteiger partial charge in [0.05, 0.1) is 17.2 Å². The standard InChI is InChI=1S/C15H10ClF3N2/c16-14-6-10(8-20)4-5-11(14)9-21-13-3-1-2-12(7-13)15(17,18)19/h1-7,21H,9H2.